The summed E-state index contributed by atoms with van der Waals surface area (Å²) >= 11 is 6.21. The van der Waals surface area contributed by atoms with Crippen molar-refractivity contribution in [1.29, 1.82) is 0 Å². The maximum atomic E-state index is 14.6. The number of halogens is 3. The molecule has 0 bridgehead atoms. The number of hydrogen-bond acceptors (Lipinski definition) is 1. The van der Waals surface area contributed by atoms with E-state index in [1.54, 1.807) is 42.6 Å². The summed E-state index contributed by atoms with van der Waals surface area (Å²) in [6, 6.07) is 6.68. The van der Waals surface area contributed by atoms with E-state index in [-0.39, 0.29) is 0 Å². The van der Waals surface area contributed by atoms with Crippen LogP contribution in [0.2, 0.25) is 5.02 Å². The molecule has 0 N–H and O–H groups in total. The van der Waals surface area contributed by atoms with E-state index in [1.165, 1.54) is 12.4 Å². The van der Waals surface area contributed by atoms with Crippen LogP contribution >= 0.6 is 11.6 Å². The Morgan fingerprint density at radius 2 is 2.10 bits per heavy atom. The summed E-state index contributed by atoms with van der Waals surface area (Å²) in [7, 11) is 0. The molecule has 104 valence electrons. The summed E-state index contributed by atoms with van der Waals surface area (Å²) < 4.78 is 31.1. The summed E-state index contributed by atoms with van der Waals surface area (Å²) in [6.07, 6.45) is 7.64. The van der Waals surface area contributed by atoms with Crippen LogP contribution in [0.15, 0.2) is 54.5 Å². The number of allylic oxidation sites excluding steroid dienone is 2. The first-order valence-corrected chi connectivity index (χ1v) is 6.83. The minimum atomic E-state index is -3.88. The molecule has 7 heteroatoms. The SMILES string of the molecule is F[B-]1(F)n2cccc2C(c2ncccc2Cl)=C2C=CC=[N+]21. The van der Waals surface area contributed by atoms with Crippen LogP contribution in [0.25, 0.3) is 5.57 Å². The lowest BCUT2D eigenvalue weighted by atomic mass is 9.88. The summed E-state index contributed by atoms with van der Waals surface area (Å²) in [4.78, 5) is 4.27. The summed E-state index contributed by atoms with van der Waals surface area (Å²) in [5, 5.41) is 0.436. The van der Waals surface area contributed by atoms with Crippen molar-refractivity contribution in [3.8, 4) is 0 Å². The van der Waals surface area contributed by atoms with Crippen LogP contribution in [0.1, 0.15) is 11.4 Å². The lowest BCUT2D eigenvalue weighted by Gasteiger charge is -2.30. The van der Waals surface area contributed by atoms with Crippen LogP contribution < -0.4 is 0 Å². The summed E-state index contributed by atoms with van der Waals surface area (Å²) in [6.45, 7) is -3.88. The molecule has 4 rings (SSSR count). The number of nitrogens with zero attached hydrogens (tertiary/aromatic N) is 3. The fraction of sp³-hybridized carbons (Fsp3) is 0. The molecule has 0 aliphatic carbocycles. The Bertz CT molecular complexity index is 851. The first-order valence-electron chi connectivity index (χ1n) is 6.45. The molecule has 2 aliphatic rings. The Labute approximate surface area is 124 Å². The zero-order chi connectivity index (χ0) is 14.6. The van der Waals surface area contributed by atoms with Gasteiger partial charge in [0.05, 0.1) is 16.3 Å². The van der Waals surface area contributed by atoms with E-state index in [2.05, 4.69) is 4.98 Å². The molecule has 0 unspecified atom stereocenters. The third-order valence-corrected chi connectivity index (χ3v) is 4.04. The number of pyridine rings is 1. The molecule has 0 saturated heterocycles. The minimum Gasteiger partial charge on any atom is -0.396 e. The second-order valence-corrected chi connectivity index (χ2v) is 5.31. The lowest BCUT2D eigenvalue weighted by Crippen LogP contribution is -2.49. The van der Waals surface area contributed by atoms with E-state index in [1.807, 2.05) is 0 Å². The van der Waals surface area contributed by atoms with E-state index in [0.29, 0.717) is 27.7 Å². The van der Waals surface area contributed by atoms with Crippen molar-refractivity contribution < 1.29 is 13.1 Å². The van der Waals surface area contributed by atoms with E-state index >= 15 is 0 Å². The van der Waals surface area contributed by atoms with Gasteiger partial charge in [-0.15, -0.1) is 0 Å². The quantitative estimate of drug-likeness (QED) is 0.741. The molecule has 0 atom stereocenters. The predicted octanol–water partition coefficient (Wildman–Crippen LogP) is 3.19. The third kappa shape index (κ3) is 1.59. The van der Waals surface area contributed by atoms with Gasteiger partial charge in [0, 0.05) is 24.0 Å². The normalized spacial score (nSPS) is 18.5. The molecule has 2 aromatic rings. The second kappa shape index (κ2) is 4.15. The standard InChI is InChI=1S/C14H9BClF2N3/c16-10-4-1-7-19-14(10)13-11-5-2-8-20(11)15(17,18)21-9-3-6-12(13)21/h1-9H. The zero-order valence-electron chi connectivity index (χ0n) is 10.7. The van der Waals surface area contributed by atoms with Gasteiger partial charge in [-0.1, -0.05) is 11.6 Å². The van der Waals surface area contributed by atoms with Gasteiger partial charge in [0.1, 0.15) is 6.21 Å². The van der Waals surface area contributed by atoms with Crippen LogP contribution in [-0.4, -0.2) is 27.1 Å². The van der Waals surface area contributed by atoms with Crippen LogP contribution in [0.5, 0.6) is 0 Å². The van der Waals surface area contributed by atoms with Gasteiger partial charge < -0.3 is 17.6 Å². The summed E-state index contributed by atoms with van der Waals surface area (Å²) in [5.74, 6) is 0. The van der Waals surface area contributed by atoms with Gasteiger partial charge in [0.25, 0.3) is 0 Å². The van der Waals surface area contributed by atoms with Crippen molar-refractivity contribution in [3.05, 3.63) is 70.9 Å². The van der Waals surface area contributed by atoms with Gasteiger partial charge in [0.2, 0.25) is 0 Å². The summed E-state index contributed by atoms with van der Waals surface area (Å²) in [5.41, 5.74) is 1.97. The highest BCUT2D eigenvalue weighted by molar-refractivity contribution is 6.57. The molecule has 0 saturated carbocycles. The Hall–Kier alpha value is -2.21. The van der Waals surface area contributed by atoms with Crippen molar-refractivity contribution in [2.24, 2.45) is 0 Å². The maximum Gasteiger partial charge on any atom is 0.737 e. The highest BCUT2D eigenvalue weighted by Gasteiger charge is 2.51. The molecule has 0 radical (unpaired) electrons. The Morgan fingerprint density at radius 3 is 2.90 bits per heavy atom. The molecule has 4 heterocycles. The smallest absolute Gasteiger partial charge is 0.396 e. The molecule has 21 heavy (non-hydrogen) atoms. The highest BCUT2D eigenvalue weighted by Crippen LogP contribution is 2.39. The number of fused-ring (bicyclic) bond motifs is 2. The molecule has 2 aromatic heterocycles. The topological polar surface area (TPSA) is 20.8 Å². The van der Waals surface area contributed by atoms with Gasteiger partial charge in [-0.05, 0) is 30.5 Å². The van der Waals surface area contributed by atoms with Crippen LogP contribution in [0.3, 0.4) is 0 Å². The fourth-order valence-corrected chi connectivity index (χ4v) is 3.05. The molecular weight excluding hydrogens is 294 g/mol. The molecule has 3 nitrogen and oxygen atoms in total. The first-order chi connectivity index (χ1) is 10.1. The van der Waals surface area contributed by atoms with E-state index < -0.39 is 6.97 Å². The Morgan fingerprint density at radius 1 is 1.24 bits per heavy atom. The van der Waals surface area contributed by atoms with Gasteiger partial charge in [-0.3, -0.25) is 4.98 Å². The van der Waals surface area contributed by atoms with E-state index in [4.69, 9.17) is 11.6 Å². The van der Waals surface area contributed by atoms with Gasteiger partial charge >= 0.3 is 6.97 Å². The van der Waals surface area contributed by atoms with Crippen molar-refractivity contribution in [2.75, 3.05) is 0 Å². The van der Waals surface area contributed by atoms with Crippen molar-refractivity contribution in [2.45, 2.75) is 0 Å². The van der Waals surface area contributed by atoms with E-state index in [0.717, 1.165) is 8.96 Å². The second-order valence-electron chi connectivity index (χ2n) is 4.90. The van der Waals surface area contributed by atoms with Crippen LogP contribution in [-0.2, 0) is 0 Å². The first kappa shape index (κ1) is 12.5. The molecular formula is C14H9BClF2N3. The zero-order valence-corrected chi connectivity index (χ0v) is 11.5. The largest absolute Gasteiger partial charge is 0.737 e. The predicted molar refractivity (Wildman–Crippen MR) is 78.5 cm³/mol. The highest BCUT2D eigenvalue weighted by atomic mass is 35.5. The van der Waals surface area contributed by atoms with Crippen molar-refractivity contribution >= 4 is 30.4 Å². The number of hydrogen-bond donors (Lipinski definition) is 0. The van der Waals surface area contributed by atoms with Crippen molar-refractivity contribution in [3.63, 3.8) is 0 Å². The molecule has 0 spiro atoms. The molecule has 0 aromatic carbocycles. The number of rotatable bonds is 1. The van der Waals surface area contributed by atoms with Gasteiger partial charge in [-0.25, -0.2) is 0 Å². The molecule has 0 amide bonds. The monoisotopic (exact) mass is 303 g/mol. The molecule has 0 fully saturated rings. The number of aromatic nitrogens is 2. The van der Waals surface area contributed by atoms with Crippen LogP contribution in [0.4, 0.5) is 8.63 Å². The average molecular weight is 304 g/mol. The maximum absolute atomic E-state index is 14.6. The van der Waals surface area contributed by atoms with E-state index in [9.17, 15) is 8.63 Å². The minimum absolute atomic E-state index is 0.423. The Balaban J connectivity index is 2.09. The van der Waals surface area contributed by atoms with Crippen molar-refractivity contribution in [1.82, 2.24) is 9.46 Å². The fourth-order valence-electron chi connectivity index (χ4n) is 2.83. The Kier molecular flexibility index (Phi) is 2.47. The average Bonchev–Trinajstić information content (AvgIpc) is 3.10. The third-order valence-electron chi connectivity index (χ3n) is 3.73. The van der Waals surface area contributed by atoms with Gasteiger partial charge in [0.15, 0.2) is 5.70 Å². The molecule has 2 aliphatic heterocycles. The lowest BCUT2D eigenvalue weighted by molar-refractivity contribution is -0.356. The van der Waals surface area contributed by atoms with Gasteiger partial charge in [-0.2, -0.15) is 0 Å². The van der Waals surface area contributed by atoms with Crippen LogP contribution in [0, 0.1) is 0 Å².